The van der Waals surface area contributed by atoms with E-state index in [2.05, 4.69) is 58.2 Å². The molecule has 2 rings (SSSR count). The van der Waals surface area contributed by atoms with Crippen LogP contribution >= 0.6 is 27.9 Å². The lowest BCUT2D eigenvalue weighted by atomic mass is 10.2. The van der Waals surface area contributed by atoms with Crippen LogP contribution in [0.25, 0.3) is 0 Å². The highest BCUT2D eigenvalue weighted by Crippen LogP contribution is 2.38. The van der Waals surface area contributed by atoms with E-state index >= 15 is 0 Å². The van der Waals surface area contributed by atoms with E-state index < -0.39 is 0 Å². The Kier molecular flexibility index (Phi) is 4.39. The van der Waals surface area contributed by atoms with E-state index in [1.54, 1.807) is 0 Å². The number of hydrogen-bond acceptors (Lipinski definition) is 3. The molecular formula is C13H19BrN2S. The van der Waals surface area contributed by atoms with Gasteiger partial charge < -0.3 is 4.90 Å². The Morgan fingerprint density at radius 3 is 2.71 bits per heavy atom. The summed E-state index contributed by atoms with van der Waals surface area (Å²) in [6, 6.07) is 4.60. The monoisotopic (exact) mass is 314 g/mol. The molecule has 0 N–H and O–H groups in total. The second-order valence-electron chi connectivity index (χ2n) is 4.29. The summed E-state index contributed by atoms with van der Waals surface area (Å²) in [6.07, 6.45) is 1.17. The lowest BCUT2D eigenvalue weighted by Crippen LogP contribution is -2.14. The average Bonchev–Trinajstić information content (AvgIpc) is 2.67. The third-order valence-electron chi connectivity index (χ3n) is 3.19. The molecule has 0 aromatic heterocycles. The molecule has 0 fully saturated rings. The van der Waals surface area contributed by atoms with Crippen LogP contribution in [0.2, 0.25) is 0 Å². The zero-order valence-electron chi connectivity index (χ0n) is 10.7. The van der Waals surface area contributed by atoms with Crippen LogP contribution in [-0.4, -0.2) is 31.0 Å². The molecule has 1 aromatic carbocycles. The first-order chi connectivity index (χ1) is 8.15. The van der Waals surface area contributed by atoms with Crippen molar-refractivity contribution in [1.29, 1.82) is 0 Å². The van der Waals surface area contributed by atoms with E-state index in [-0.39, 0.29) is 0 Å². The summed E-state index contributed by atoms with van der Waals surface area (Å²) >= 11 is 5.53. The normalized spacial score (nSPS) is 14.5. The van der Waals surface area contributed by atoms with Gasteiger partial charge in [-0.15, -0.1) is 0 Å². The maximum Gasteiger partial charge on any atom is 0.0409 e. The van der Waals surface area contributed by atoms with Gasteiger partial charge in [0.2, 0.25) is 0 Å². The molecule has 0 saturated carbocycles. The summed E-state index contributed by atoms with van der Waals surface area (Å²) in [5, 5.41) is 0. The first-order valence-electron chi connectivity index (χ1n) is 6.12. The lowest BCUT2D eigenvalue weighted by molar-refractivity contribution is 0.525. The van der Waals surface area contributed by atoms with E-state index in [1.807, 2.05) is 11.9 Å². The first-order valence-corrected chi connectivity index (χ1v) is 7.68. The van der Waals surface area contributed by atoms with E-state index in [0.29, 0.717) is 0 Å². The molecule has 0 amide bonds. The largest absolute Gasteiger partial charge is 0.374 e. The van der Waals surface area contributed by atoms with Gasteiger partial charge in [0.25, 0.3) is 0 Å². The highest BCUT2D eigenvalue weighted by atomic mass is 79.9. The minimum Gasteiger partial charge on any atom is -0.374 e. The van der Waals surface area contributed by atoms with Crippen molar-refractivity contribution in [3.63, 3.8) is 0 Å². The molecule has 0 bridgehead atoms. The van der Waals surface area contributed by atoms with Gasteiger partial charge in [0, 0.05) is 41.7 Å². The van der Waals surface area contributed by atoms with Crippen molar-refractivity contribution >= 4 is 33.6 Å². The molecule has 0 aliphatic carbocycles. The third-order valence-corrected chi connectivity index (χ3v) is 5.42. The van der Waals surface area contributed by atoms with Crippen LogP contribution in [0.3, 0.4) is 0 Å². The molecule has 2 nitrogen and oxygen atoms in total. The third kappa shape index (κ3) is 2.80. The molecule has 1 aliphatic rings. The van der Waals surface area contributed by atoms with Gasteiger partial charge in [-0.2, -0.15) is 0 Å². The van der Waals surface area contributed by atoms with Crippen molar-refractivity contribution in [2.75, 3.05) is 31.6 Å². The molecule has 0 spiro atoms. The second-order valence-corrected chi connectivity index (χ2v) is 6.28. The minimum absolute atomic E-state index is 1.07. The lowest BCUT2D eigenvalue weighted by Gasteiger charge is -2.19. The number of rotatable bonds is 4. The minimum atomic E-state index is 1.07. The first kappa shape index (κ1) is 13.2. The number of likely N-dealkylation sites (N-methyl/N-ethyl adjacent to an activating group) is 1. The molecule has 1 aromatic rings. The highest BCUT2D eigenvalue weighted by molar-refractivity contribution is 9.10. The van der Waals surface area contributed by atoms with Crippen molar-refractivity contribution in [1.82, 2.24) is 4.31 Å². The Morgan fingerprint density at radius 2 is 2.06 bits per heavy atom. The molecule has 0 saturated heterocycles. The molecular weight excluding hydrogens is 296 g/mol. The molecule has 4 heteroatoms. The number of anilines is 1. The number of benzene rings is 1. The van der Waals surface area contributed by atoms with Crippen molar-refractivity contribution in [2.45, 2.75) is 25.2 Å². The van der Waals surface area contributed by atoms with Crippen LogP contribution in [-0.2, 0) is 6.42 Å². The predicted octanol–water partition coefficient (Wildman–Crippen LogP) is 3.79. The van der Waals surface area contributed by atoms with Crippen molar-refractivity contribution < 1.29 is 0 Å². The zero-order chi connectivity index (χ0) is 12.4. The van der Waals surface area contributed by atoms with Crippen LogP contribution in [0.4, 0.5) is 5.69 Å². The molecule has 0 atom stereocenters. The van der Waals surface area contributed by atoms with Crippen LogP contribution in [0.5, 0.6) is 0 Å². The number of halogens is 1. The molecule has 94 valence electrons. The average molecular weight is 315 g/mol. The van der Waals surface area contributed by atoms with Crippen LogP contribution in [0.1, 0.15) is 19.4 Å². The summed E-state index contributed by atoms with van der Waals surface area (Å²) in [6.45, 7) is 7.68. The van der Waals surface area contributed by atoms with E-state index in [4.69, 9.17) is 0 Å². The van der Waals surface area contributed by atoms with Gasteiger partial charge in [-0.05, 0) is 52.0 Å². The van der Waals surface area contributed by atoms with E-state index in [0.717, 1.165) is 19.6 Å². The summed E-state index contributed by atoms with van der Waals surface area (Å²) in [5.74, 6) is 0. The molecule has 1 aliphatic heterocycles. The standard InChI is InChI=1S/C13H19BrN2S/c1-4-16(5-2)17-13-9-12-10(8-11(13)14)6-7-15(12)3/h8-9H,4-7H2,1-3H3. The van der Waals surface area contributed by atoms with Gasteiger partial charge in [0.1, 0.15) is 0 Å². The van der Waals surface area contributed by atoms with Gasteiger partial charge in [0.05, 0.1) is 0 Å². The van der Waals surface area contributed by atoms with Crippen molar-refractivity contribution in [3.05, 3.63) is 22.2 Å². The van der Waals surface area contributed by atoms with Crippen molar-refractivity contribution in [3.8, 4) is 0 Å². The fourth-order valence-corrected chi connectivity index (χ4v) is 3.56. The maximum atomic E-state index is 3.69. The van der Waals surface area contributed by atoms with Gasteiger partial charge in [0.15, 0.2) is 0 Å². The van der Waals surface area contributed by atoms with Crippen LogP contribution in [0, 0.1) is 0 Å². The van der Waals surface area contributed by atoms with Gasteiger partial charge in [-0.25, -0.2) is 4.31 Å². The number of fused-ring (bicyclic) bond motifs is 1. The zero-order valence-corrected chi connectivity index (χ0v) is 13.1. The summed E-state index contributed by atoms with van der Waals surface area (Å²) < 4.78 is 3.59. The molecule has 0 radical (unpaired) electrons. The maximum absolute atomic E-state index is 3.69. The molecule has 1 heterocycles. The summed E-state index contributed by atoms with van der Waals surface area (Å²) in [5.41, 5.74) is 2.85. The van der Waals surface area contributed by atoms with Crippen molar-refractivity contribution in [2.24, 2.45) is 0 Å². The topological polar surface area (TPSA) is 6.48 Å². The predicted molar refractivity (Wildman–Crippen MR) is 79.9 cm³/mol. The van der Waals surface area contributed by atoms with Gasteiger partial charge in [-0.3, -0.25) is 0 Å². The fraction of sp³-hybridized carbons (Fsp3) is 0.538. The Hall–Kier alpha value is -0.190. The Balaban J connectivity index is 2.26. The van der Waals surface area contributed by atoms with Crippen LogP contribution in [0.15, 0.2) is 21.5 Å². The Morgan fingerprint density at radius 1 is 1.35 bits per heavy atom. The van der Waals surface area contributed by atoms with E-state index in [9.17, 15) is 0 Å². The van der Waals surface area contributed by atoms with Crippen LogP contribution < -0.4 is 4.90 Å². The molecule has 17 heavy (non-hydrogen) atoms. The van der Waals surface area contributed by atoms with Gasteiger partial charge in [-0.1, -0.05) is 13.8 Å². The Bertz CT molecular complexity index is 405. The quantitative estimate of drug-likeness (QED) is 0.781. The summed E-state index contributed by atoms with van der Waals surface area (Å²) in [7, 11) is 2.17. The fourth-order valence-electron chi connectivity index (χ4n) is 2.11. The second kappa shape index (κ2) is 5.63. The number of hydrogen-bond donors (Lipinski definition) is 0. The SMILES string of the molecule is CCN(CC)Sc1cc2c(cc1Br)CCN2C. The number of nitrogens with zero attached hydrogens (tertiary/aromatic N) is 2. The molecule has 0 unspecified atom stereocenters. The smallest absolute Gasteiger partial charge is 0.0409 e. The van der Waals surface area contributed by atoms with Gasteiger partial charge >= 0.3 is 0 Å². The Labute approximate surface area is 117 Å². The summed E-state index contributed by atoms with van der Waals surface area (Å²) in [4.78, 5) is 3.66. The highest BCUT2D eigenvalue weighted by Gasteiger charge is 2.18. The van der Waals surface area contributed by atoms with E-state index in [1.165, 1.54) is 27.0 Å².